The molecular weight excluding hydrogens is 142 g/mol. The highest BCUT2D eigenvalue weighted by atomic mass is 16.5. The first-order valence-electron chi connectivity index (χ1n) is 3.82. The number of nitriles is 1. The van der Waals surface area contributed by atoms with Crippen molar-refractivity contribution in [3.05, 3.63) is 0 Å². The minimum absolute atomic E-state index is 0.348. The maximum atomic E-state index is 10.9. The molecule has 0 aromatic rings. The maximum absolute atomic E-state index is 10.9. The fraction of sp³-hybridized carbons (Fsp3) is 0.750. The van der Waals surface area contributed by atoms with Gasteiger partial charge in [-0.25, -0.2) is 0 Å². The molecule has 0 fully saturated rings. The van der Waals surface area contributed by atoms with Crippen LogP contribution in [-0.4, -0.2) is 12.6 Å². The number of carbonyl (C=O) groups excluding carboxylic acids is 1. The van der Waals surface area contributed by atoms with Crippen LogP contribution >= 0.6 is 0 Å². The summed E-state index contributed by atoms with van der Waals surface area (Å²) in [4.78, 5) is 10.9. The zero-order valence-electron chi connectivity index (χ0n) is 6.96. The zero-order chi connectivity index (χ0) is 8.69. The van der Waals surface area contributed by atoms with Crippen molar-refractivity contribution in [3.8, 4) is 6.07 Å². The van der Waals surface area contributed by atoms with Gasteiger partial charge in [0.25, 0.3) is 0 Å². The molecule has 0 saturated carbocycles. The largest absolute Gasteiger partial charge is 0.465 e. The summed E-state index contributed by atoms with van der Waals surface area (Å²) in [6.45, 7) is 4.02. The van der Waals surface area contributed by atoms with Crippen LogP contribution < -0.4 is 0 Å². The second-order valence-electron chi connectivity index (χ2n) is 2.22. The Balaban J connectivity index is 3.84. The molecule has 0 bridgehead atoms. The molecule has 0 saturated heterocycles. The molecule has 62 valence electrons. The summed E-state index contributed by atoms with van der Waals surface area (Å²) in [5.74, 6) is -0.961. The Morgan fingerprint density at radius 3 is 2.64 bits per heavy atom. The molecule has 1 atom stereocenters. The van der Waals surface area contributed by atoms with Crippen LogP contribution in [0.1, 0.15) is 26.7 Å². The van der Waals surface area contributed by atoms with E-state index in [1.54, 1.807) is 6.92 Å². The fourth-order valence-electron chi connectivity index (χ4n) is 0.767. The van der Waals surface area contributed by atoms with Crippen molar-refractivity contribution < 1.29 is 9.53 Å². The maximum Gasteiger partial charge on any atom is 0.323 e. The molecule has 0 aromatic heterocycles. The highest BCUT2D eigenvalue weighted by Crippen LogP contribution is 2.06. The molecular formula is C8H13NO2. The highest BCUT2D eigenvalue weighted by molar-refractivity contribution is 5.75. The van der Waals surface area contributed by atoms with Crippen molar-refractivity contribution in [2.75, 3.05) is 6.61 Å². The Morgan fingerprint density at radius 2 is 2.27 bits per heavy atom. The summed E-state index contributed by atoms with van der Waals surface area (Å²) in [5, 5.41) is 8.50. The van der Waals surface area contributed by atoms with Crippen LogP contribution in [0.3, 0.4) is 0 Å². The van der Waals surface area contributed by atoms with Gasteiger partial charge >= 0.3 is 5.97 Å². The van der Waals surface area contributed by atoms with E-state index in [9.17, 15) is 4.79 Å². The van der Waals surface area contributed by atoms with E-state index >= 15 is 0 Å². The molecule has 0 aliphatic heterocycles. The van der Waals surface area contributed by atoms with Crippen LogP contribution in [-0.2, 0) is 9.53 Å². The monoisotopic (exact) mass is 155 g/mol. The zero-order valence-corrected chi connectivity index (χ0v) is 6.96. The lowest BCUT2D eigenvalue weighted by atomic mass is 10.1. The van der Waals surface area contributed by atoms with Gasteiger partial charge in [-0.3, -0.25) is 4.79 Å². The number of rotatable bonds is 4. The summed E-state index contributed by atoms with van der Waals surface area (Å²) in [5.41, 5.74) is 0. The molecule has 11 heavy (non-hydrogen) atoms. The molecule has 0 heterocycles. The van der Waals surface area contributed by atoms with Crippen LogP contribution in [0.15, 0.2) is 0 Å². The highest BCUT2D eigenvalue weighted by Gasteiger charge is 2.16. The van der Waals surface area contributed by atoms with Crippen LogP contribution in [0.2, 0.25) is 0 Å². The lowest BCUT2D eigenvalue weighted by molar-refractivity contribution is -0.146. The second-order valence-corrected chi connectivity index (χ2v) is 2.22. The summed E-state index contributed by atoms with van der Waals surface area (Å²) in [6, 6.07) is 1.91. The SMILES string of the molecule is CCCC(C#N)C(=O)OCC. The number of nitrogens with zero attached hydrogens (tertiary/aromatic N) is 1. The molecule has 0 rings (SSSR count). The smallest absolute Gasteiger partial charge is 0.323 e. The predicted molar refractivity (Wildman–Crippen MR) is 40.6 cm³/mol. The lowest BCUT2D eigenvalue weighted by Crippen LogP contribution is -2.15. The van der Waals surface area contributed by atoms with E-state index in [0.29, 0.717) is 13.0 Å². The van der Waals surface area contributed by atoms with Gasteiger partial charge in [-0.2, -0.15) is 5.26 Å². The molecule has 0 aliphatic carbocycles. The topological polar surface area (TPSA) is 50.1 Å². The van der Waals surface area contributed by atoms with Gasteiger partial charge < -0.3 is 4.74 Å². The molecule has 0 N–H and O–H groups in total. The van der Waals surface area contributed by atoms with Crippen LogP contribution in [0.25, 0.3) is 0 Å². The number of esters is 1. The Bertz CT molecular complexity index is 160. The Hall–Kier alpha value is -1.04. The quantitative estimate of drug-likeness (QED) is 0.578. The average Bonchev–Trinajstić information content (AvgIpc) is 2.00. The van der Waals surface area contributed by atoms with Gasteiger partial charge in [-0.15, -0.1) is 0 Å². The van der Waals surface area contributed by atoms with Gasteiger partial charge in [0.1, 0.15) is 5.92 Å². The third kappa shape index (κ3) is 3.61. The number of ether oxygens (including phenoxy) is 1. The average molecular weight is 155 g/mol. The summed E-state index contributed by atoms with van der Waals surface area (Å²) >= 11 is 0. The van der Waals surface area contributed by atoms with Gasteiger partial charge in [0.05, 0.1) is 12.7 Å². The first-order valence-corrected chi connectivity index (χ1v) is 3.82. The van der Waals surface area contributed by atoms with Crippen molar-refractivity contribution in [1.29, 1.82) is 5.26 Å². The molecule has 3 heteroatoms. The van der Waals surface area contributed by atoms with Crippen molar-refractivity contribution in [3.63, 3.8) is 0 Å². The van der Waals surface area contributed by atoms with E-state index in [-0.39, 0.29) is 0 Å². The third-order valence-electron chi connectivity index (χ3n) is 1.30. The van der Waals surface area contributed by atoms with Gasteiger partial charge in [0, 0.05) is 0 Å². The standard InChI is InChI=1S/C8H13NO2/c1-3-5-7(6-9)8(10)11-4-2/h7H,3-5H2,1-2H3. The van der Waals surface area contributed by atoms with Gasteiger partial charge in [0.2, 0.25) is 0 Å². The Kier molecular flexibility index (Phi) is 5.18. The van der Waals surface area contributed by atoms with Crippen molar-refractivity contribution in [1.82, 2.24) is 0 Å². The molecule has 0 amide bonds. The van der Waals surface area contributed by atoms with Gasteiger partial charge in [-0.05, 0) is 13.3 Å². The number of carbonyl (C=O) groups is 1. The van der Waals surface area contributed by atoms with E-state index in [0.717, 1.165) is 6.42 Å². The third-order valence-corrected chi connectivity index (χ3v) is 1.30. The van der Waals surface area contributed by atoms with Crippen LogP contribution in [0, 0.1) is 17.2 Å². The Morgan fingerprint density at radius 1 is 1.64 bits per heavy atom. The first kappa shape index (κ1) is 9.96. The second kappa shape index (κ2) is 5.72. The molecule has 1 unspecified atom stereocenters. The van der Waals surface area contributed by atoms with E-state index in [4.69, 9.17) is 5.26 Å². The molecule has 3 nitrogen and oxygen atoms in total. The van der Waals surface area contributed by atoms with Crippen LogP contribution in [0.4, 0.5) is 0 Å². The normalized spacial score (nSPS) is 11.7. The van der Waals surface area contributed by atoms with Crippen molar-refractivity contribution >= 4 is 5.97 Å². The van der Waals surface area contributed by atoms with E-state index < -0.39 is 11.9 Å². The number of hydrogen-bond donors (Lipinski definition) is 0. The summed E-state index contributed by atoms with van der Waals surface area (Å²) in [7, 11) is 0. The predicted octanol–water partition coefficient (Wildman–Crippen LogP) is 1.49. The van der Waals surface area contributed by atoms with Gasteiger partial charge in [-0.1, -0.05) is 13.3 Å². The molecule has 0 spiro atoms. The van der Waals surface area contributed by atoms with E-state index in [1.807, 2.05) is 13.0 Å². The minimum atomic E-state index is -0.569. The van der Waals surface area contributed by atoms with Crippen molar-refractivity contribution in [2.45, 2.75) is 26.7 Å². The van der Waals surface area contributed by atoms with E-state index in [1.165, 1.54) is 0 Å². The summed E-state index contributed by atoms with van der Waals surface area (Å²) < 4.78 is 4.69. The van der Waals surface area contributed by atoms with Crippen molar-refractivity contribution in [2.24, 2.45) is 5.92 Å². The summed E-state index contributed by atoms with van der Waals surface area (Å²) in [6.07, 6.45) is 1.42. The molecule has 0 aromatic carbocycles. The fourth-order valence-corrected chi connectivity index (χ4v) is 0.767. The molecule has 0 aliphatic rings. The first-order chi connectivity index (χ1) is 5.26. The van der Waals surface area contributed by atoms with Gasteiger partial charge in [0.15, 0.2) is 0 Å². The Labute approximate surface area is 67.0 Å². The molecule has 0 radical (unpaired) electrons. The minimum Gasteiger partial charge on any atom is -0.465 e. The van der Waals surface area contributed by atoms with E-state index in [2.05, 4.69) is 4.74 Å². The van der Waals surface area contributed by atoms with Crippen LogP contribution in [0.5, 0.6) is 0 Å². The lowest BCUT2D eigenvalue weighted by Gasteiger charge is -2.05. The number of hydrogen-bond acceptors (Lipinski definition) is 3.